The Bertz CT molecular complexity index is 1550. The first-order valence-electron chi connectivity index (χ1n) is 17.0. The predicted octanol–water partition coefficient (Wildman–Crippen LogP) is 5.99. The Morgan fingerprint density at radius 1 is 0.787 bits per heavy atom. The van der Waals surface area contributed by atoms with Gasteiger partial charge in [-0.05, 0) is 35.4 Å². The van der Waals surface area contributed by atoms with E-state index in [2.05, 4.69) is 143 Å². The van der Waals surface area contributed by atoms with Crippen molar-refractivity contribution in [1.29, 1.82) is 0 Å². The summed E-state index contributed by atoms with van der Waals surface area (Å²) in [5.41, 5.74) is 16.5. The number of aryl methyl sites for hydroxylation is 3. The predicted molar refractivity (Wildman–Crippen MR) is 194 cm³/mol. The molecule has 2 aliphatic rings. The Labute approximate surface area is 315 Å². The zero-order valence-electron chi connectivity index (χ0n) is 30.8. The zero-order chi connectivity index (χ0) is 33.2. The Morgan fingerprint density at radius 2 is 1.36 bits per heavy atom. The fourth-order valence-corrected chi connectivity index (χ4v) is 7.68. The summed E-state index contributed by atoms with van der Waals surface area (Å²) >= 11 is 1.51. The molecular weight excluding hydrogens is 691 g/mol. The summed E-state index contributed by atoms with van der Waals surface area (Å²) in [6.07, 6.45) is 8.07. The van der Waals surface area contributed by atoms with E-state index in [-0.39, 0.29) is 35.6 Å². The zero-order valence-corrected chi connectivity index (χ0v) is 34.8. The molecule has 3 heteroatoms. The van der Waals surface area contributed by atoms with Gasteiger partial charge in [0.1, 0.15) is 0 Å². The van der Waals surface area contributed by atoms with Crippen molar-refractivity contribution in [3.05, 3.63) is 123 Å². The molecule has 0 nitrogen and oxygen atoms in total. The molecule has 0 aliphatic heterocycles. The summed E-state index contributed by atoms with van der Waals surface area (Å²) in [7, 11) is 0. The van der Waals surface area contributed by atoms with Gasteiger partial charge in [-0.3, -0.25) is 0 Å². The van der Waals surface area contributed by atoms with E-state index < -0.39 is 0 Å². The maximum Gasteiger partial charge on any atom is -0.0129 e. The van der Waals surface area contributed by atoms with E-state index in [9.17, 15) is 0 Å². The first-order chi connectivity index (χ1) is 21.0. The van der Waals surface area contributed by atoms with Gasteiger partial charge in [0.05, 0.1) is 0 Å². The van der Waals surface area contributed by atoms with Crippen molar-refractivity contribution in [2.45, 2.75) is 131 Å². The van der Waals surface area contributed by atoms with Crippen molar-refractivity contribution >= 4 is 3.21 Å². The first kappa shape index (κ1) is 41.5. The van der Waals surface area contributed by atoms with Crippen LogP contribution in [-0.2, 0) is 46.9 Å². The van der Waals surface area contributed by atoms with Gasteiger partial charge in [-0.15, -0.1) is 16.7 Å². The van der Waals surface area contributed by atoms with Crippen LogP contribution >= 0.6 is 0 Å². The number of hydrogen-bond donors (Lipinski definition) is 0. The molecule has 2 aliphatic carbocycles. The van der Waals surface area contributed by atoms with Gasteiger partial charge < -0.3 is 24.8 Å². The standard InChI is InChI=1S/C23H29.C13H19.C8H8.2ClH.Zr/c1-14-9-16-11-17-10-15(2)21(23(6,7)8)13-19(17)18(16)12-20(14)22(3,4)5;1-11-6-7-12(10-11)13(2)8-4-3-5-9-13;1-2-8-6-4-3-5-7-8;;;/h9,12-13H,11H2,1-8H3;6-7,10H,3-5,8-9H2,1-2H3;3-7H,1H3;2*1H;/q2*-1;;;;+2/p-2. The second-order valence-corrected chi connectivity index (χ2v) is 17.8. The third kappa shape index (κ3) is 10.4. The third-order valence-electron chi connectivity index (χ3n) is 9.85. The summed E-state index contributed by atoms with van der Waals surface area (Å²) in [4.78, 5) is 0. The Morgan fingerprint density at radius 3 is 1.85 bits per heavy atom. The topological polar surface area (TPSA) is 0 Å². The number of benzene rings is 3. The van der Waals surface area contributed by atoms with E-state index in [1.807, 2.05) is 6.07 Å². The van der Waals surface area contributed by atoms with Crippen molar-refractivity contribution in [3.8, 4) is 11.1 Å². The maximum atomic E-state index is 3.69. The molecule has 0 heterocycles. The van der Waals surface area contributed by atoms with Crippen LogP contribution < -0.4 is 24.8 Å². The Kier molecular flexibility index (Phi) is 14.9. The van der Waals surface area contributed by atoms with E-state index in [0.29, 0.717) is 5.41 Å². The largest absolute Gasteiger partial charge is 1.00 e. The van der Waals surface area contributed by atoms with Crippen LogP contribution in [0.25, 0.3) is 11.1 Å². The summed E-state index contributed by atoms with van der Waals surface area (Å²) in [6, 6.07) is 28.4. The van der Waals surface area contributed by atoms with Gasteiger partial charge >= 0.3 is 70.3 Å². The minimum absolute atomic E-state index is 0. The van der Waals surface area contributed by atoms with Crippen molar-refractivity contribution < 1.29 is 49.0 Å². The monoisotopic (exact) mass is 744 g/mol. The summed E-state index contributed by atoms with van der Waals surface area (Å²) in [5.74, 6) is 0. The van der Waals surface area contributed by atoms with Crippen molar-refractivity contribution in [3.63, 3.8) is 0 Å². The molecule has 4 aromatic rings. The van der Waals surface area contributed by atoms with Gasteiger partial charge in [-0.2, -0.15) is 41.0 Å². The third-order valence-corrected chi connectivity index (χ3v) is 10.6. The fraction of sp³-hybridized carbons (Fsp3) is 0.455. The smallest absolute Gasteiger partial charge is 0.0129 e. The van der Waals surface area contributed by atoms with E-state index in [1.54, 1.807) is 5.56 Å². The molecule has 47 heavy (non-hydrogen) atoms. The molecule has 252 valence electrons. The normalized spacial score (nSPS) is 14.6. The van der Waals surface area contributed by atoms with E-state index in [0.717, 1.165) is 6.42 Å². The van der Waals surface area contributed by atoms with E-state index >= 15 is 0 Å². The number of hydrogen-bond acceptors (Lipinski definition) is 0. The van der Waals surface area contributed by atoms with Crippen LogP contribution in [0.1, 0.15) is 138 Å². The van der Waals surface area contributed by atoms with E-state index in [4.69, 9.17) is 0 Å². The summed E-state index contributed by atoms with van der Waals surface area (Å²) in [6.45, 7) is 25.0. The average molecular weight is 747 g/mol. The molecule has 0 bridgehead atoms. The van der Waals surface area contributed by atoms with Crippen molar-refractivity contribution in [2.24, 2.45) is 0 Å². The van der Waals surface area contributed by atoms with Crippen molar-refractivity contribution in [2.75, 3.05) is 0 Å². The van der Waals surface area contributed by atoms with Crippen molar-refractivity contribution in [1.82, 2.24) is 0 Å². The Balaban J connectivity index is 0.000000270. The maximum absolute atomic E-state index is 3.69. The quantitative estimate of drug-likeness (QED) is 0.195. The van der Waals surface area contributed by atoms with Gasteiger partial charge in [0.2, 0.25) is 0 Å². The number of halogens is 2. The molecule has 0 atom stereocenters. The summed E-state index contributed by atoms with van der Waals surface area (Å²) in [5, 5.41) is 0. The molecule has 0 spiro atoms. The molecule has 4 aromatic carbocycles. The summed E-state index contributed by atoms with van der Waals surface area (Å²) < 4.78 is 1.46. The van der Waals surface area contributed by atoms with Gasteiger partial charge in [-0.25, -0.2) is 6.07 Å². The second kappa shape index (κ2) is 16.8. The molecule has 6 rings (SSSR count). The molecule has 1 saturated carbocycles. The number of fused-ring (bicyclic) bond motifs is 3. The molecule has 0 aromatic heterocycles. The minimum Gasteiger partial charge on any atom is -1.00 e. The molecule has 0 radical (unpaired) electrons. The molecule has 0 unspecified atom stereocenters. The van der Waals surface area contributed by atoms with Crippen LogP contribution in [0, 0.1) is 26.8 Å². The van der Waals surface area contributed by atoms with Crippen LogP contribution in [0.2, 0.25) is 0 Å². The molecule has 0 amide bonds. The Hall–Kier alpha value is -1.66. The van der Waals surface area contributed by atoms with Crippen LogP contribution in [0.15, 0.2) is 66.7 Å². The second-order valence-electron chi connectivity index (χ2n) is 16.0. The molecule has 0 N–H and O–H groups in total. The van der Waals surface area contributed by atoms with Gasteiger partial charge in [0.15, 0.2) is 0 Å². The van der Waals surface area contributed by atoms with E-state index in [1.165, 1.54) is 115 Å². The molecule has 0 saturated heterocycles. The molecule has 1 fully saturated rings. The SMILES string of the molecule is C[C](=[Zr+2])c1ccccc1.Cc1[c-]c2c(cc1C(C)(C)C)-c1cc(C(C)(C)C)c(C)cc1C2.Cc1cc(C2(C)CCCCC2)c[cH-]1.[Cl-].[Cl-]. The average Bonchev–Trinajstić information content (AvgIpc) is 3.55. The fourth-order valence-electron chi connectivity index (χ4n) is 7.27. The number of rotatable bonds is 2. The minimum atomic E-state index is 0. The van der Waals surface area contributed by atoms with Crippen LogP contribution in [0.5, 0.6) is 0 Å². The van der Waals surface area contributed by atoms with Crippen LogP contribution in [0.4, 0.5) is 0 Å². The van der Waals surface area contributed by atoms with Crippen LogP contribution in [-0.4, -0.2) is 3.21 Å². The molecular formula is C44H56Cl2Zr-2. The van der Waals surface area contributed by atoms with Gasteiger partial charge in [0.25, 0.3) is 0 Å². The van der Waals surface area contributed by atoms with Gasteiger partial charge in [0, 0.05) is 0 Å². The first-order valence-corrected chi connectivity index (χ1v) is 18.3. The van der Waals surface area contributed by atoms with Crippen LogP contribution in [0.3, 0.4) is 0 Å². The van der Waals surface area contributed by atoms with Gasteiger partial charge in [-0.1, -0.05) is 123 Å².